The molecule has 36 heavy (non-hydrogen) atoms. The first kappa shape index (κ1) is 22.5. The van der Waals surface area contributed by atoms with Crippen LogP contribution >= 0.6 is 12.2 Å². The molecule has 7 rings (SSSR count). The summed E-state index contributed by atoms with van der Waals surface area (Å²) < 4.78 is 10.4. The second-order valence-corrected chi connectivity index (χ2v) is 12.2. The van der Waals surface area contributed by atoms with Gasteiger partial charge in [0.1, 0.15) is 18.8 Å². The van der Waals surface area contributed by atoms with Gasteiger partial charge < -0.3 is 9.30 Å². The fraction of sp³-hybridized carbons (Fsp3) is 0.500. The first-order chi connectivity index (χ1) is 17.5. The SMILES string of the molecule is C[C@]12CC[C@H](OC(=S)n3ccnc3)CC1=CC[C@@H]1[C@@H]2CC[C@]2(C)C(n3cnc4ccccc43)=CC[C@@H]12. The fourth-order valence-electron chi connectivity index (χ4n) is 8.37. The molecule has 5 nitrogen and oxygen atoms in total. The Morgan fingerprint density at radius 3 is 2.75 bits per heavy atom. The molecular formula is C30H34N4OS. The molecule has 2 heterocycles. The van der Waals surface area contributed by atoms with Crippen LogP contribution in [0.3, 0.4) is 0 Å². The highest BCUT2D eigenvalue weighted by Gasteiger charge is 2.57. The van der Waals surface area contributed by atoms with E-state index >= 15 is 0 Å². The third-order valence-corrected chi connectivity index (χ3v) is 10.6. The quantitative estimate of drug-likeness (QED) is 0.286. The third kappa shape index (κ3) is 3.22. The van der Waals surface area contributed by atoms with Crippen LogP contribution in [0.2, 0.25) is 0 Å². The van der Waals surface area contributed by atoms with Crippen molar-refractivity contribution in [3.8, 4) is 0 Å². The molecule has 0 saturated heterocycles. The number of hydrogen-bond acceptors (Lipinski definition) is 4. The van der Waals surface area contributed by atoms with Crippen molar-refractivity contribution < 1.29 is 4.74 Å². The van der Waals surface area contributed by atoms with Crippen molar-refractivity contribution in [3.05, 3.63) is 67.0 Å². The zero-order valence-corrected chi connectivity index (χ0v) is 22.0. The van der Waals surface area contributed by atoms with Crippen molar-refractivity contribution >= 4 is 34.1 Å². The van der Waals surface area contributed by atoms with Gasteiger partial charge in [0, 0.05) is 29.9 Å². The molecule has 0 N–H and O–H groups in total. The van der Waals surface area contributed by atoms with Gasteiger partial charge in [0.25, 0.3) is 5.17 Å². The first-order valence-corrected chi connectivity index (χ1v) is 13.9. The fourth-order valence-corrected chi connectivity index (χ4v) is 8.61. The zero-order chi connectivity index (χ0) is 24.5. The minimum absolute atomic E-state index is 0.166. The average molecular weight is 499 g/mol. The van der Waals surface area contributed by atoms with E-state index in [1.807, 2.05) is 12.5 Å². The average Bonchev–Trinajstić information content (AvgIpc) is 3.62. The summed E-state index contributed by atoms with van der Waals surface area (Å²) in [5.41, 5.74) is 5.91. The lowest BCUT2D eigenvalue weighted by atomic mass is 9.48. The lowest BCUT2D eigenvalue weighted by molar-refractivity contribution is -0.0234. The Hall–Kier alpha value is -2.73. The summed E-state index contributed by atoms with van der Waals surface area (Å²) in [4.78, 5) is 8.81. The van der Waals surface area contributed by atoms with Gasteiger partial charge in [-0.2, -0.15) is 0 Å². The Morgan fingerprint density at radius 1 is 1.03 bits per heavy atom. The van der Waals surface area contributed by atoms with Gasteiger partial charge in [-0.05, 0) is 86.0 Å². The molecule has 0 bridgehead atoms. The summed E-state index contributed by atoms with van der Waals surface area (Å²) in [5.74, 6) is 2.19. The van der Waals surface area contributed by atoms with Gasteiger partial charge >= 0.3 is 0 Å². The molecule has 3 aromatic rings. The highest BCUT2D eigenvalue weighted by atomic mass is 32.1. The standard InChI is InChI=1S/C30H34N4OS/c1-29-13-11-21(35-28(36)33-16-15-31-18-33)17-20(29)7-8-22-23-9-10-27(30(23,2)14-12-24(22)29)34-19-32-25-5-3-4-6-26(25)34/h3-7,10,15-16,18-19,21-24H,8-9,11-14,17H2,1-2H3/t21-,22-,23-,24-,29-,30-/m0/s1. The Labute approximate surface area is 218 Å². The molecule has 186 valence electrons. The van der Waals surface area contributed by atoms with Crippen molar-refractivity contribution in [2.24, 2.45) is 28.6 Å². The second-order valence-electron chi connectivity index (χ2n) is 11.9. The van der Waals surface area contributed by atoms with Gasteiger partial charge in [-0.1, -0.05) is 43.7 Å². The second kappa shape index (κ2) is 8.14. The minimum atomic E-state index is 0.166. The number of aromatic nitrogens is 4. The van der Waals surface area contributed by atoms with Gasteiger partial charge in [-0.25, -0.2) is 9.97 Å². The highest BCUT2D eigenvalue weighted by Crippen LogP contribution is 2.65. The maximum absolute atomic E-state index is 6.24. The van der Waals surface area contributed by atoms with Crippen LogP contribution in [-0.2, 0) is 4.74 Å². The predicted octanol–water partition coefficient (Wildman–Crippen LogP) is 6.86. The van der Waals surface area contributed by atoms with Crippen LogP contribution in [0.25, 0.3) is 16.7 Å². The zero-order valence-electron chi connectivity index (χ0n) is 21.1. The third-order valence-electron chi connectivity index (χ3n) is 10.3. The van der Waals surface area contributed by atoms with Crippen LogP contribution < -0.4 is 0 Å². The number of rotatable bonds is 2. The van der Waals surface area contributed by atoms with Crippen LogP contribution in [0.4, 0.5) is 0 Å². The number of thiocarbonyl (C=S) groups is 1. The van der Waals surface area contributed by atoms with Gasteiger partial charge in [0.2, 0.25) is 0 Å². The Kier molecular flexibility index (Phi) is 5.08. The van der Waals surface area contributed by atoms with E-state index in [1.165, 1.54) is 43.3 Å². The molecule has 0 spiro atoms. The van der Waals surface area contributed by atoms with E-state index in [4.69, 9.17) is 21.9 Å². The van der Waals surface area contributed by atoms with Crippen molar-refractivity contribution in [1.29, 1.82) is 0 Å². The topological polar surface area (TPSA) is 44.9 Å². The molecule has 0 radical (unpaired) electrons. The van der Waals surface area contributed by atoms with E-state index in [0.717, 1.165) is 30.2 Å². The molecule has 0 amide bonds. The van der Waals surface area contributed by atoms with Gasteiger partial charge in [0.15, 0.2) is 0 Å². The number of fused-ring (bicyclic) bond motifs is 6. The molecular weight excluding hydrogens is 464 g/mol. The number of allylic oxidation sites excluding steroid dienone is 3. The van der Waals surface area contributed by atoms with Crippen LogP contribution in [0.5, 0.6) is 0 Å². The molecule has 1 aromatic carbocycles. The van der Waals surface area contributed by atoms with Crippen LogP contribution in [0.1, 0.15) is 58.8 Å². The van der Waals surface area contributed by atoms with Gasteiger partial charge in [0.05, 0.1) is 11.0 Å². The lowest BCUT2D eigenvalue weighted by Gasteiger charge is -2.57. The molecule has 0 aliphatic heterocycles. The molecule has 2 aromatic heterocycles. The maximum atomic E-state index is 6.24. The molecule has 2 saturated carbocycles. The van der Waals surface area contributed by atoms with Crippen LogP contribution in [0.15, 0.2) is 67.0 Å². The van der Waals surface area contributed by atoms with E-state index in [9.17, 15) is 0 Å². The number of ether oxygens (including phenoxy) is 1. The Bertz CT molecular complexity index is 1390. The normalized spacial score (nSPS) is 35.4. The van der Waals surface area contributed by atoms with Crippen molar-refractivity contribution in [1.82, 2.24) is 19.1 Å². The van der Waals surface area contributed by atoms with Crippen LogP contribution in [-0.4, -0.2) is 30.4 Å². The van der Waals surface area contributed by atoms with Crippen molar-refractivity contribution in [2.75, 3.05) is 0 Å². The van der Waals surface area contributed by atoms with E-state index in [1.54, 1.807) is 22.7 Å². The molecule has 4 aliphatic carbocycles. The van der Waals surface area contributed by atoms with Gasteiger partial charge in [-0.3, -0.25) is 4.57 Å². The van der Waals surface area contributed by atoms with Gasteiger partial charge in [-0.15, -0.1) is 0 Å². The lowest BCUT2D eigenvalue weighted by Crippen LogP contribution is -2.50. The monoisotopic (exact) mass is 498 g/mol. The van der Waals surface area contributed by atoms with Crippen molar-refractivity contribution in [3.63, 3.8) is 0 Å². The van der Waals surface area contributed by atoms with Crippen molar-refractivity contribution in [2.45, 2.75) is 64.9 Å². The van der Waals surface area contributed by atoms with E-state index in [0.29, 0.717) is 11.1 Å². The Morgan fingerprint density at radius 2 is 1.89 bits per heavy atom. The number of nitrogens with zero attached hydrogens (tertiary/aromatic N) is 4. The molecule has 6 heteroatoms. The van der Waals surface area contributed by atoms with E-state index < -0.39 is 0 Å². The van der Waals surface area contributed by atoms with Crippen LogP contribution in [0, 0.1) is 28.6 Å². The smallest absolute Gasteiger partial charge is 0.269 e. The summed E-state index contributed by atoms with van der Waals surface area (Å²) in [7, 11) is 0. The molecule has 4 aliphatic rings. The molecule has 6 atom stereocenters. The van der Waals surface area contributed by atoms with E-state index in [-0.39, 0.29) is 16.9 Å². The molecule has 2 fully saturated rings. The highest BCUT2D eigenvalue weighted by molar-refractivity contribution is 7.80. The largest absolute Gasteiger partial charge is 0.467 e. The Balaban J connectivity index is 1.13. The molecule has 0 unspecified atom stereocenters. The first-order valence-electron chi connectivity index (χ1n) is 13.5. The summed E-state index contributed by atoms with van der Waals surface area (Å²) in [5, 5.41) is 0.514. The predicted molar refractivity (Wildman–Crippen MR) is 146 cm³/mol. The number of para-hydroxylation sites is 2. The number of benzene rings is 1. The number of imidazole rings is 2. The number of hydrogen-bond donors (Lipinski definition) is 0. The summed E-state index contributed by atoms with van der Waals surface area (Å²) >= 11 is 5.53. The maximum Gasteiger partial charge on any atom is 0.269 e. The summed E-state index contributed by atoms with van der Waals surface area (Å²) in [6, 6.07) is 8.54. The van der Waals surface area contributed by atoms with E-state index in [2.05, 4.69) is 59.8 Å². The summed E-state index contributed by atoms with van der Waals surface area (Å²) in [6.45, 7) is 5.08. The summed E-state index contributed by atoms with van der Waals surface area (Å²) in [6.07, 6.45) is 20.8. The minimum Gasteiger partial charge on any atom is -0.467 e.